The molecule has 0 spiro atoms. The molecular weight excluding hydrogens is 232 g/mol. The van der Waals surface area contributed by atoms with Crippen LogP contribution in [0.3, 0.4) is 0 Å². The average Bonchev–Trinajstić information content (AvgIpc) is 2.43. The maximum Gasteiger partial charge on any atom is 0.119 e. The highest BCUT2D eigenvalue weighted by Gasteiger charge is 1.88. The number of hydrogen-bond acceptors (Lipinski definition) is 1. The Morgan fingerprint density at radius 1 is 0.632 bits per heavy atom. The summed E-state index contributed by atoms with van der Waals surface area (Å²) in [4.78, 5) is 10.1. The smallest absolute Gasteiger partial charge is 0.119 e. The van der Waals surface area contributed by atoms with Gasteiger partial charge in [-0.2, -0.15) is 0 Å². The van der Waals surface area contributed by atoms with Gasteiger partial charge < -0.3 is 4.79 Å². The number of rotatable bonds is 12. The first-order valence-corrected chi connectivity index (χ1v) is 7.50. The summed E-state index contributed by atoms with van der Waals surface area (Å²) in [6, 6.07) is 0. The van der Waals surface area contributed by atoms with Crippen molar-refractivity contribution < 1.29 is 4.79 Å². The predicted octanol–water partition coefficient (Wildman–Crippen LogP) is 5.55. The molecule has 0 heterocycles. The Hall–Kier alpha value is -1.37. The van der Waals surface area contributed by atoms with Gasteiger partial charge in [-0.3, -0.25) is 0 Å². The monoisotopic (exact) mass is 260 g/mol. The molecule has 0 bridgehead atoms. The van der Waals surface area contributed by atoms with E-state index in [1.54, 1.807) is 0 Å². The van der Waals surface area contributed by atoms with Crippen LogP contribution in [-0.4, -0.2) is 6.29 Å². The summed E-state index contributed by atoms with van der Waals surface area (Å²) in [6.07, 6.45) is 26.8. The minimum absolute atomic E-state index is 0.728. The second-order valence-corrected chi connectivity index (χ2v) is 4.55. The number of carbonyl (C=O) groups is 1. The van der Waals surface area contributed by atoms with E-state index in [4.69, 9.17) is 0 Å². The molecule has 1 nitrogen and oxygen atoms in total. The van der Waals surface area contributed by atoms with Crippen LogP contribution in [0.2, 0.25) is 0 Å². The van der Waals surface area contributed by atoms with E-state index < -0.39 is 0 Å². The van der Waals surface area contributed by atoms with Crippen LogP contribution in [0.1, 0.15) is 58.3 Å². The molecule has 0 saturated carbocycles. The van der Waals surface area contributed by atoms with E-state index in [0.29, 0.717) is 0 Å². The number of carbonyl (C=O) groups excluding carboxylic acids is 1. The van der Waals surface area contributed by atoms with Crippen molar-refractivity contribution in [3.63, 3.8) is 0 Å². The normalized spacial score (nSPS) is 12.5. The number of hydrogen-bond donors (Lipinski definition) is 0. The van der Waals surface area contributed by atoms with Crippen molar-refractivity contribution >= 4 is 6.29 Å². The van der Waals surface area contributed by atoms with Crippen molar-refractivity contribution in [2.75, 3.05) is 0 Å². The zero-order chi connectivity index (χ0) is 14.0. The summed E-state index contributed by atoms with van der Waals surface area (Å²) in [6.45, 7) is 2.13. The van der Waals surface area contributed by atoms with Gasteiger partial charge in [0, 0.05) is 6.42 Å². The van der Waals surface area contributed by atoms with Crippen molar-refractivity contribution in [3.05, 3.63) is 48.6 Å². The Labute approximate surface area is 118 Å². The molecule has 0 saturated heterocycles. The molecule has 0 aromatic rings. The van der Waals surface area contributed by atoms with Crippen molar-refractivity contribution in [1.29, 1.82) is 0 Å². The lowest BCUT2D eigenvalue weighted by atomic mass is 10.1. The molecule has 0 aliphatic heterocycles. The third-order valence-electron chi connectivity index (χ3n) is 2.76. The molecule has 0 atom stereocenters. The van der Waals surface area contributed by atoms with E-state index in [-0.39, 0.29) is 0 Å². The number of allylic oxidation sites excluding steroid dienone is 8. The maximum absolute atomic E-state index is 10.1. The molecule has 0 N–H and O–H groups in total. The van der Waals surface area contributed by atoms with Gasteiger partial charge in [0.1, 0.15) is 6.29 Å². The van der Waals surface area contributed by atoms with Crippen LogP contribution in [0.25, 0.3) is 0 Å². The average molecular weight is 260 g/mol. The van der Waals surface area contributed by atoms with Crippen LogP contribution in [0.15, 0.2) is 48.6 Å². The first kappa shape index (κ1) is 17.6. The lowest BCUT2D eigenvalue weighted by molar-refractivity contribution is -0.107. The van der Waals surface area contributed by atoms with Crippen molar-refractivity contribution in [2.24, 2.45) is 0 Å². The zero-order valence-electron chi connectivity index (χ0n) is 12.3. The molecule has 0 fully saturated rings. The molecule has 0 rings (SSSR count). The molecule has 106 valence electrons. The summed E-state index contributed by atoms with van der Waals surface area (Å²) >= 11 is 0. The Kier molecular flexibility index (Phi) is 15.4. The molecule has 0 aliphatic carbocycles. The van der Waals surface area contributed by atoms with Gasteiger partial charge in [-0.1, -0.05) is 74.8 Å². The fourth-order valence-corrected chi connectivity index (χ4v) is 1.67. The number of aldehydes is 1. The van der Waals surface area contributed by atoms with Crippen molar-refractivity contribution in [2.45, 2.75) is 58.3 Å². The highest BCUT2D eigenvalue weighted by atomic mass is 16.1. The predicted molar refractivity (Wildman–Crippen MR) is 85.2 cm³/mol. The molecule has 1 heteroatoms. The van der Waals surface area contributed by atoms with E-state index in [1.807, 2.05) is 12.2 Å². The first-order valence-electron chi connectivity index (χ1n) is 7.50. The third kappa shape index (κ3) is 16.6. The minimum atomic E-state index is 0.728. The molecule has 0 radical (unpaired) electrons. The van der Waals surface area contributed by atoms with Crippen LogP contribution in [0, 0.1) is 0 Å². The van der Waals surface area contributed by atoms with E-state index in [0.717, 1.165) is 32.0 Å². The van der Waals surface area contributed by atoms with E-state index >= 15 is 0 Å². The third-order valence-corrected chi connectivity index (χ3v) is 2.76. The van der Waals surface area contributed by atoms with Crippen molar-refractivity contribution in [1.82, 2.24) is 0 Å². The van der Waals surface area contributed by atoms with Gasteiger partial charge in [0.25, 0.3) is 0 Å². The summed E-state index contributed by atoms with van der Waals surface area (Å²) in [7, 11) is 0. The van der Waals surface area contributed by atoms with Gasteiger partial charge in [-0.15, -0.1) is 0 Å². The van der Waals surface area contributed by atoms with E-state index in [2.05, 4.69) is 43.4 Å². The van der Waals surface area contributed by atoms with Crippen LogP contribution >= 0.6 is 0 Å². The fourth-order valence-electron chi connectivity index (χ4n) is 1.67. The first-order chi connectivity index (χ1) is 9.41. The molecule has 19 heavy (non-hydrogen) atoms. The Bertz CT molecular complexity index is 295. The largest absolute Gasteiger partial charge is 0.303 e. The second-order valence-electron chi connectivity index (χ2n) is 4.55. The van der Waals surface area contributed by atoms with Crippen LogP contribution in [0.4, 0.5) is 0 Å². The van der Waals surface area contributed by atoms with E-state index in [1.165, 1.54) is 25.7 Å². The van der Waals surface area contributed by atoms with Crippen LogP contribution in [-0.2, 0) is 4.79 Å². The van der Waals surface area contributed by atoms with Crippen LogP contribution in [0.5, 0.6) is 0 Å². The zero-order valence-corrected chi connectivity index (χ0v) is 12.3. The topological polar surface area (TPSA) is 17.1 Å². The molecule has 0 unspecified atom stereocenters. The summed E-state index contributed by atoms with van der Waals surface area (Å²) in [5.41, 5.74) is 0. The summed E-state index contributed by atoms with van der Waals surface area (Å²) < 4.78 is 0. The van der Waals surface area contributed by atoms with Gasteiger partial charge in [0.15, 0.2) is 0 Å². The summed E-state index contributed by atoms with van der Waals surface area (Å²) in [5.74, 6) is 0. The highest BCUT2D eigenvalue weighted by Crippen LogP contribution is 2.06. The minimum Gasteiger partial charge on any atom is -0.303 e. The molecular formula is C18H28O. The van der Waals surface area contributed by atoms with Gasteiger partial charge >= 0.3 is 0 Å². The SMILES string of the molecule is CC/C=C/C=C/C=C/C=C/CCCCCCCC=O. The quantitative estimate of drug-likeness (QED) is 0.255. The standard InChI is InChI=1S/C18H28O/c1-2-3-4-5-6-7-8-9-10-11-12-13-14-15-16-17-18-19/h3-10,18H,2,11-17H2,1H3/b4-3+,6-5+,8-7+,10-9+. The van der Waals surface area contributed by atoms with Gasteiger partial charge in [0.05, 0.1) is 0 Å². The summed E-state index contributed by atoms with van der Waals surface area (Å²) in [5, 5.41) is 0. The molecule has 0 amide bonds. The van der Waals surface area contributed by atoms with Gasteiger partial charge in [0.2, 0.25) is 0 Å². The number of unbranched alkanes of at least 4 members (excludes halogenated alkanes) is 6. The highest BCUT2D eigenvalue weighted by molar-refractivity contribution is 5.48. The molecule has 0 aliphatic rings. The Balaban J connectivity index is 3.33. The lowest BCUT2D eigenvalue weighted by Gasteiger charge is -1.96. The Morgan fingerprint density at radius 3 is 1.79 bits per heavy atom. The maximum atomic E-state index is 10.1. The molecule has 0 aromatic carbocycles. The van der Waals surface area contributed by atoms with Crippen molar-refractivity contribution in [3.8, 4) is 0 Å². The van der Waals surface area contributed by atoms with Crippen LogP contribution < -0.4 is 0 Å². The lowest BCUT2D eigenvalue weighted by Crippen LogP contribution is -1.79. The Morgan fingerprint density at radius 2 is 1.16 bits per heavy atom. The van der Waals surface area contributed by atoms with Gasteiger partial charge in [-0.05, 0) is 25.7 Å². The molecule has 0 aromatic heterocycles. The van der Waals surface area contributed by atoms with E-state index in [9.17, 15) is 4.79 Å². The fraction of sp³-hybridized carbons (Fsp3) is 0.500. The van der Waals surface area contributed by atoms with Gasteiger partial charge in [-0.25, -0.2) is 0 Å². The second kappa shape index (κ2) is 16.6.